The van der Waals surface area contributed by atoms with E-state index in [2.05, 4.69) is 17.1 Å². The van der Waals surface area contributed by atoms with Gasteiger partial charge in [-0.3, -0.25) is 0 Å². The number of aromatic amines is 1. The summed E-state index contributed by atoms with van der Waals surface area (Å²) >= 11 is 0. The maximum atomic E-state index is 9.04. The Kier molecular flexibility index (Phi) is 1.79. The lowest BCUT2D eigenvalue weighted by Gasteiger charge is -2.17. The third-order valence-electron chi connectivity index (χ3n) is 2.71. The Labute approximate surface area is 87.0 Å². The van der Waals surface area contributed by atoms with Crippen molar-refractivity contribution in [1.82, 2.24) is 4.98 Å². The molecule has 2 heterocycles. The molecule has 2 aromatic rings. The molecule has 1 aliphatic heterocycles. The fraction of sp³-hybridized carbons (Fsp3) is 0.167. The molecule has 0 radical (unpaired) electrons. The molecule has 3 rings (SSSR count). The standard InChI is InChI=1S/C12H11NO2/c14-7-9-3-1-8-2-4-11-10(5-6-13-11)12(8)15-9/h2-6,13-14H,1,7H2. The first kappa shape index (κ1) is 8.56. The number of aliphatic hydroxyl groups excluding tert-OH is 1. The number of aliphatic hydroxyl groups is 1. The lowest BCUT2D eigenvalue weighted by molar-refractivity contribution is 0.259. The minimum atomic E-state index is -0.0414. The second-order valence-corrected chi connectivity index (χ2v) is 3.63. The number of hydrogen-bond acceptors (Lipinski definition) is 2. The van der Waals surface area contributed by atoms with Gasteiger partial charge in [0.2, 0.25) is 0 Å². The average molecular weight is 201 g/mol. The maximum absolute atomic E-state index is 9.04. The molecule has 1 aliphatic rings. The van der Waals surface area contributed by atoms with Crippen LogP contribution in [0.3, 0.4) is 0 Å². The monoisotopic (exact) mass is 201 g/mol. The second-order valence-electron chi connectivity index (χ2n) is 3.63. The molecule has 3 heteroatoms. The first-order chi connectivity index (χ1) is 7.38. The highest BCUT2D eigenvalue weighted by atomic mass is 16.5. The van der Waals surface area contributed by atoms with E-state index >= 15 is 0 Å². The zero-order valence-corrected chi connectivity index (χ0v) is 8.16. The maximum Gasteiger partial charge on any atom is 0.139 e. The first-order valence-corrected chi connectivity index (χ1v) is 4.95. The fourth-order valence-corrected chi connectivity index (χ4v) is 1.93. The van der Waals surface area contributed by atoms with Crippen LogP contribution in [-0.2, 0) is 6.42 Å². The number of aromatic nitrogens is 1. The van der Waals surface area contributed by atoms with E-state index in [0.29, 0.717) is 5.76 Å². The molecule has 2 N–H and O–H groups in total. The number of benzene rings is 1. The van der Waals surface area contributed by atoms with Crippen molar-refractivity contribution >= 4 is 10.9 Å². The van der Waals surface area contributed by atoms with Crippen LogP contribution in [0.5, 0.6) is 5.75 Å². The topological polar surface area (TPSA) is 45.2 Å². The Morgan fingerprint density at radius 1 is 1.33 bits per heavy atom. The number of fused-ring (bicyclic) bond motifs is 3. The van der Waals surface area contributed by atoms with Crippen LogP contribution in [0.2, 0.25) is 0 Å². The van der Waals surface area contributed by atoms with E-state index in [-0.39, 0.29) is 6.61 Å². The number of H-pyrrole nitrogens is 1. The van der Waals surface area contributed by atoms with Crippen LogP contribution >= 0.6 is 0 Å². The van der Waals surface area contributed by atoms with E-state index in [1.165, 1.54) is 5.56 Å². The van der Waals surface area contributed by atoms with Crippen molar-refractivity contribution in [2.24, 2.45) is 0 Å². The first-order valence-electron chi connectivity index (χ1n) is 4.95. The number of nitrogens with one attached hydrogen (secondary N) is 1. The quantitative estimate of drug-likeness (QED) is 0.741. The van der Waals surface area contributed by atoms with Gasteiger partial charge in [0.05, 0.1) is 0 Å². The Hall–Kier alpha value is -1.74. The van der Waals surface area contributed by atoms with Gasteiger partial charge in [0, 0.05) is 17.1 Å². The van der Waals surface area contributed by atoms with Gasteiger partial charge in [-0.15, -0.1) is 0 Å². The van der Waals surface area contributed by atoms with Gasteiger partial charge in [0.1, 0.15) is 18.1 Å². The minimum Gasteiger partial charge on any atom is -0.459 e. The molecule has 0 fully saturated rings. The molecule has 15 heavy (non-hydrogen) atoms. The molecule has 0 aliphatic carbocycles. The third kappa shape index (κ3) is 1.24. The highest BCUT2D eigenvalue weighted by Gasteiger charge is 2.15. The van der Waals surface area contributed by atoms with E-state index in [1.54, 1.807) is 0 Å². The van der Waals surface area contributed by atoms with Crippen molar-refractivity contribution in [3.05, 3.63) is 41.8 Å². The van der Waals surface area contributed by atoms with Crippen molar-refractivity contribution in [3.63, 3.8) is 0 Å². The van der Waals surface area contributed by atoms with Crippen molar-refractivity contribution in [2.75, 3.05) is 6.61 Å². The van der Waals surface area contributed by atoms with Gasteiger partial charge in [-0.1, -0.05) is 6.07 Å². The van der Waals surface area contributed by atoms with Crippen LogP contribution in [0.1, 0.15) is 5.56 Å². The van der Waals surface area contributed by atoms with Crippen molar-refractivity contribution in [1.29, 1.82) is 0 Å². The highest BCUT2D eigenvalue weighted by molar-refractivity contribution is 5.87. The largest absolute Gasteiger partial charge is 0.459 e. The van der Waals surface area contributed by atoms with Gasteiger partial charge < -0.3 is 14.8 Å². The van der Waals surface area contributed by atoms with Crippen molar-refractivity contribution in [3.8, 4) is 5.75 Å². The number of hydrogen-bond donors (Lipinski definition) is 2. The van der Waals surface area contributed by atoms with Gasteiger partial charge in [-0.2, -0.15) is 0 Å². The smallest absolute Gasteiger partial charge is 0.139 e. The molecule has 1 aromatic heterocycles. The minimum absolute atomic E-state index is 0.0414. The lowest BCUT2D eigenvalue weighted by Crippen LogP contribution is -2.07. The summed E-state index contributed by atoms with van der Waals surface area (Å²) < 4.78 is 5.64. The van der Waals surface area contributed by atoms with E-state index in [4.69, 9.17) is 9.84 Å². The van der Waals surface area contributed by atoms with Gasteiger partial charge in [-0.25, -0.2) is 0 Å². The SMILES string of the molecule is OCC1=CCc2ccc3[nH]ccc3c2O1. The molecule has 0 unspecified atom stereocenters. The van der Waals surface area contributed by atoms with Crippen molar-refractivity contribution < 1.29 is 9.84 Å². The molecule has 0 saturated carbocycles. The lowest BCUT2D eigenvalue weighted by atomic mass is 10.1. The van der Waals surface area contributed by atoms with Crippen LogP contribution in [0.4, 0.5) is 0 Å². The average Bonchev–Trinajstić information content (AvgIpc) is 2.76. The van der Waals surface area contributed by atoms with Crippen molar-refractivity contribution in [2.45, 2.75) is 6.42 Å². The van der Waals surface area contributed by atoms with E-state index in [0.717, 1.165) is 23.1 Å². The van der Waals surface area contributed by atoms with Gasteiger partial charge in [0.25, 0.3) is 0 Å². The Morgan fingerprint density at radius 3 is 3.13 bits per heavy atom. The predicted molar refractivity (Wildman–Crippen MR) is 57.8 cm³/mol. The van der Waals surface area contributed by atoms with E-state index in [1.807, 2.05) is 18.3 Å². The molecule has 0 atom stereocenters. The normalized spacial score (nSPS) is 14.6. The summed E-state index contributed by atoms with van der Waals surface area (Å²) in [5, 5.41) is 10.1. The molecular formula is C12H11NO2. The van der Waals surface area contributed by atoms with Crippen LogP contribution < -0.4 is 4.74 Å². The summed E-state index contributed by atoms with van der Waals surface area (Å²) in [5.74, 6) is 1.51. The molecular weight excluding hydrogens is 190 g/mol. The number of rotatable bonds is 1. The molecule has 3 nitrogen and oxygen atoms in total. The van der Waals surface area contributed by atoms with Crippen LogP contribution in [0.15, 0.2) is 36.2 Å². The Bertz CT molecular complexity index is 540. The summed E-state index contributed by atoms with van der Waals surface area (Å²) in [6, 6.07) is 6.10. The van der Waals surface area contributed by atoms with Gasteiger partial charge in [-0.05, 0) is 30.2 Å². The summed E-state index contributed by atoms with van der Waals surface area (Å²) in [4.78, 5) is 3.14. The predicted octanol–water partition coefficient (Wildman–Crippen LogP) is 1.98. The molecule has 0 spiro atoms. The molecule has 1 aromatic carbocycles. The Balaban J connectivity index is 2.19. The summed E-state index contributed by atoms with van der Waals surface area (Å²) in [7, 11) is 0. The fourth-order valence-electron chi connectivity index (χ4n) is 1.93. The summed E-state index contributed by atoms with van der Waals surface area (Å²) in [6.07, 6.45) is 4.64. The number of ether oxygens (including phenoxy) is 1. The Morgan fingerprint density at radius 2 is 2.27 bits per heavy atom. The van der Waals surface area contributed by atoms with Crippen LogP contribution in [0, 0.1) is 0 Å². The van der Waals surface area contributed by atoms with E-state index in [9.17, 15) is 0 Å². The third-order valence-corrected chi connectivity index (χ3v) is 2.71. The second kappa shape index (κ2) is 3.14. The summed E-state index contributed by atoms with van der Waals surface area (Å²) in [5.41, 5.74) is 2.23. The molecule has 0 bridgehead atoms. The van der Waals surface area contributed by atoms with Gasteiger partial charge >= 0.3 is 0 Å². The zero-order valence-electron chi connectivity index (χ0n) is 8.16. The summed E-state index contributed by atoms with van der Waals surface area (Å²) in [6.45, 7) is -0.0414. The van der Waals surface area contributed by atoms with E-state index < -0.39 is 0 Å². The van der Waals surface area contributed by atoms with Crippen LogP contribution in [0.25, 0.3) is 10.9 Å². The molecule has 76 valence electrons. The van der Waals surface area contributed by atoms with Crippen LogP contribution in [-0.4, -0.2) is 16.7 Å². The highest BCUT2D eigenvalue weighted by Crippen LogP contribution is 2.33. The molecule has 0 saturated heterocycles. The number of allylic oxidation sites excluding steroid dienone is 1. The van der Waals surface area contributed by atoms with Gasteiger partial charge in [0.15, 0.2) is 0 Å². The zero-order chi connectivity index (χ0) is 10.3. The molecule has 0 amide bonds.